The van der Waals surface area contributed by atoms with Gasteiger partial charge in [0, 0.05) is 67.7 Å². The minimum absolute atomic E-state index is 0.0720. The summed E-state index contributed by atoms with van der Waals surface area (Å²) >= 11 is 0. The smallest absolute Gasteiger partial charge is 0.356 e. The quantitative estimate of drug-likeness (QED) is 0.0524. The summed E-state index contributed by atoms with van der Waals surface area (Å²) in [4.78, 5) is 88.4. The van der Waals surface area contributed by atoms with E-state index in [1.165, 1.54) is 111 Å². The van der Waals surface area contributed by atoms with Gasteiger partial charge in [-0.15, -0.1) is 13.2 Å². The van der Waals surface area contributed by atoms with E-state index in [-0.39, 0.29) is 42.3 Å². The van der Waals surface area contributed by atoms with Crippen molar-refractivity contribution in [2.45, 2.75) is 84.7 Å². The lowest BCUT2D eigenvalue weighted by molar-refractivity contribution is 0.0519. The molecule has 442 valence electrons. The molecule has 21 nitrogen and oxygen atoms in total. The van der Waals surface area contributed by atoms with Gasteiger partial charge in [0.05, 0.1) is 19.7 Å². The molecule has 0 radical (unpaired) electrons. The van der Waals surface area contributed by atoms with Crippen LogP contribution >= 0.6 is 0 Å². The molecule has 4 aliphatic heterocycles. The first-order valence-electron chi connectivity index (χ1n) is 29.7. The number of piperidine rings is 4. The first kappa shape index (κ1) is 58.0. The van der Waals surface area contributed by atoms with Gasteiger partial charge in [0.1, 0.15) is 16.5 Å². The van der Waals surface area contributed by atoms with E-state index in [1.807, 2.05) is 24.3 Å². The summed E-state index contributed by atoms with van der Waals surface area (Å²) in [6.45, 7) is 21.0. The summed E-state index contributed by atoms with van der Waals surface area (Å²) in [5.74, 6) is 0.885. The van der Waals surface area contributed by atoms with Gasteiger partial charge in [-0.25, -0.2) is 43.5 Å². The minimum atomic E-state index is -0.537. The third kappa shape index (κ3) is 12.4. The molecule has 4 saturated heterocycles. The van der Waals surface area contributed by atoms with E-state index in [0.717, 1.165) is 37.6 Å². The van der Waals surface area contributed by atoms with Crippen molar-refractivity contribution in [1.82, 2.24) is 58.4 Å². The predicted octanol–water partition coefficient (Wildman–Crippen LogP) is 9.21. The standard InChI is InChI=1S/C32H38N8O3.C32H38N8O2/c1-4-17-39-29(41)25-22-33-31(36-28(25)40(39)27-8-6-7-26(35-27)30(42)43-5-2)34-23-9-11-24(12-10-23)38-20-15-32(16-21-38)13-18-37(3)19-14-32;1-4-17-39-30(42)25-22-33-31(36-29(25)40(39)28-8-6-7-26(35-28)27(41)5-2)34-23-9-11-24(12-10-23)38-20-15-32(16-21-38)13-18-37(3)19-14-32/h4,6-12,22H,1,5,13-21H2,2-3H3,(H,33,34,36);4,6-12,22H,1,5,13-21H2,2-3H3,(H,33,34,36). The van der Waals surface area contributed by atoms with Crippen LogP contribution in [0, 0.1) is 10.8 Å². The third-order valence-electron chi connectivity index (χ3n) is 17.7. The number of hydrogen-bond acceptors (Lipinski definition) is 17. The number of benzene rings is 2. The fraction of sp³-hybridized carbons (Fsp3) is 0.406. The van der Waals surface area contributed by atoms with E-state index < -0.39 is 5.97 Å². The van der Waals surface area contributed by atoms with Crippen LogP contribution in [0.1, 0.15) is 92.6 Å². The SMILES string of the molecule is C=CCn1c(=O)c2cnc(Nc3ccc(N4CCC5(CCN(C)CC5)CC4)cc3)nc2n1-c1cccc(C(=O)CC)n1.C=CCn1c(=O)c2cnc(Nc3ccc(N4CCC5(CCN(C)CC5)CC4)cc3)nc2n1-c1cccc(C(=O)OCC)n1. The summed E-state index contributed by atoms with van der Waals surface area (Å²) in [5.41, 5.74) is 5.90. The number of carbonyl (C=O) groups excluding carboxylic acids is 2. The molecule has 0 atom stereocenters. The van der Waals surface area contributed by atoms with Crippen molar-refractivity contribution in [1.29, 1.82) is 0 Å². The molecule has 10 heterocycles. The Morgan fingerprint density at radius 3 is 1.35 bits per heavy atom. The Morgan fingerprint density at radius 1 is 0.553 bits per heavy atom. The number of likely N-dealkylation sites (tertiary alicyclic amines) is 2. The van der Waals surface area contributed by atoms with E-state index in [0.29, 0.717) is 68.5 Å². The molecule has 0 bridgehead atoms. The van der Waals surface area contributed by atoms with E-state index in [2.05, 4.69) is 102 Å². The number of allylic oxidation sites excluding steroid dienone is 2. The molecule has 0 amide bonds. The van der Waals surface area contributed by atoms with Crippen LogP contribution in [0.5, 0.6) is 0 Å². The lowest BCUT2D eigenvalue weighted by Gasteiger charge is -2.46. The molecule has 6 aromatic heterocycles. The Hall–Kier alpha value is -8.82. The van der Waals surface area contributed by atoms with Crippen molar-refractivity contribution in [3.05, 3.63) is 155 Å². The van der Waals surface area contributed by atoms with Gasteiger partial charge >= 0.3 is 5.97 Å². The normalized spacial score (nSPS) is 16.9. The maximum atomic E-state index is 13.3. The van der Waals surface area contributed by atoms with E-state index in [4.69, 9.17) is 14.7 Å². The highest BCUT2D eigenvalue weighted by Gasteiger charge is 2.38. The van der Waals surface area contributed by atoms with E-state index in [1.54, 1.807) is 71.8 Å². The molecular formula is C64H76N16O5. The van der Waals surface area contributed by atoms with Crippen molar-refractivity contribution in [2.24, 2.45) is 10.8 Å². The topological polar surface area (TPSA) is 212 Å². The Bertz CT molecular complexity index is 3830. The molecular weight excluding hydrogens is 1070 g/mol. The summed E-state index contributed by atoms with van der Waals surface area (Å²) in [6, 6.07) is 26.9. The van der Waals surface area contributed by atoms with Gasteiger partial charge in [-0.2, -0.15) is 9.97 Å². The molecule has 0 aliphatic carbocycles. The van der Waals surface area contributed by atoms with Crippen molar-refractivity contribution in [3.63, 3.8) is 0 Å². The lowest BCUT2D eigenvalue weighted by Crippen LogP contribution is -2.46. The zero-order valence-corrected chi connectivity index (χ0v) is 49.3. The largest absolute Gasteiger partial charge is 0.461 e. The van der Waals surface area contributed by atoms with Gasteiger partial charge in [-0.05, 0) is 182 Å². The molecule has 2 N–H and O–H groups in total. The number of ketones is 1. The number of anilines is 6. The Kier molecular flexibility index (Phi) is 17.2. The first-order chi connectivity index (χ1) is 41.3. The lowest BCUT2D eigenvalue weighted by atomic mass is 9.71. The number of aromatic nitrogens is 10. The Morgan fingerprint density at radius 2 is 0.953 bits per heavy atom. The summed E-state index contributed by atoms with van der Waals surface area (Å²) in [5, 5.41) is 7.26. The molecule has 85 heavy (non-hydrogen) atoms. The maximum Gasteiger partial charge on any atom is 0.356 e. The number of nitrogens with one attached hydrogen (secondary N) is 2. The second-order valence-electron chi connectivity index (χ2n) is 23.0. The molecule has 2 aromatic carbocycles. The summed E-state index contributed by atoms with van der Waals surface area (Å²) in [6.07, 6.45) is 16.9. The van der Waals surface area contributed by atoms with Crippen molar-refractivity contribution < 1.29 is 14.3 Å². The Balaban J connectivity index is 0.000000177. The predicted molar refractivity (Wildman–Crippen MR) is 333 cm³/mol. The van der Waals surface area contributed by atoms with Gasteiger partial charge in [-0.1, -0.05) is 31.2 Å². The number of hydrogen-bond donors (Lipinski definition) is 2. The Labute approximate surface area is 494 Å². The van der Waals surface area contributed by atoms with Crippen LogP contribution < -0.4 is 31.6 Å². The number of esters is 1. The fourth-order valence-electron chi connectivity index (χ4n) is 12.4. The average molecular weight is 1150 g/mol. The minimum Gasteiger partial charge on any atom is -0.461 e. The zero-order valence-electron chi connectivity index (χ0n) is 49.3. The van der Waals surface area contributed by atoms with Crippen LogP contribution in [0.15, 0.2) is 132 Å². The van der Waals surface area contributed by atoms with Crippen LogP contribution in [-0.2, 0) is 17.8 Å². The van der Waals surface area contributed by atoms with Gasteiger partial charge in [0.2, 0.25) is 11.9 Å². The average Bonchev–Trinajstić information content (AvgIpc) is 4.08. The third-order valence-corrected chi connectivity index (χ3v) is 17.7. The number of rotatable bonds is 16. The second kappa shape index (κ2) is 25.2. The van der Waals surface area contributed by atoms with E-state index >= 15 is 0 Å². The molecule has 4 aliphatic rings. The molecule has 0 saturated carbocycles. The summed E-state index contributed by atoms with van der Waals surface area (Å²) in [7, 11) is 4.45. The summed E-state index contributed by atoms with van der Waals surface area (Å²) < 4.78 is 11.3. The number of pyridine rings is 2. The highest BCUT2D eigenvalue weighted by molar-refractivity contribution is 5.94. The van der Waals surface area contributed by atoms with Gasteiger partial charge in [-0.3, -0.25) is 14.4 Å². The second-order valence-corrected chi connectivity index (χ2v) is 23.0. The van der Waals surface area contributed by atoms with Crippen LogP contribution in [0.25, 0.3) is 33.7 Å². The first-order valence-corrected chi connectivity index (χ1v) is 29.7. The van der Waals surface area contributed by atoms with Gasteiger partial charge in [0.15, 0.2) is 34.4 Å². The number of fused-ring (bicyclic) bond motifs is 2. The van der Waals surface area contributed by atoms with E-state index in [9.17, 15) is 19.2 Å². The number of Topliss-reactive ketones (excluding diaryl/α,β-unsaturated/α-hetero) is 1. The molecule has 4 fully saturated rings. The molecule has 8 aromatic rings. The van der Waals surface area contributed by atoms with Gasteiger partial charge in [0.25, 0.3) is 11.1 Å². The molecule has 0 unspecified atom stereocenters. The monoisotopic (exact) mass is 1150 g/mol. The maximum absolute atomic E-state index is 13.3. The van der Waals surface area contributed by atoms with Crippen LogP contribution in [0.3, 0.4) is 0 Å². The highest BCUT2D eigenvalue weighted by Crippen LogP contribution is 2.43. The zero-order chi connectivity index (χ0) is 59.2. The van der Waals surface area contributed by atoms with Crippen molar-refractivity contribution >= 4 is 68.5 Å². The molecule has 12 rings (SSSR count). The highest BCUT2D eigenvalue weighted by atomic mass is 16.5. The number of ether oxygens (including phenoxy) is 1. The van der Waals surface area contributed by atoms with Crippen molar-refractivity contribution in [2.75, 3.05) is 93.5 Å². The van der Waals surface area contributed by atoms with Crippen LogP contribution in [0.4, 0.5) is 34.6 Å². The number of nitrogens with zero attached hydrogens (tertiary/aromatic N) is 14. The number of carbonyl (C=O) groups is 2. The molecule has 2 spiro atoms. The fourth-order valence-corrected chi connectivity index (χ4v) is 12.4. The molecule has 21 heteroatoms. The van der Waals surface area contributed by atoms with Gasteiger partial charge < -0.3 is 35.0 Å². The van der Waals surface area contributed by atoms with Crippen LogP contribution in [-0.4, -0.2) is 143 Å². The van der Waals surface area contributed by atoms with Crippen molar-refractivity contribution in [3.8, 4) is 11.6 Å². The van der Waals surface area contributed by atoms with Crippen LogP contribution in [0.2, 0.25) is 0 Å².